The monoisotopic (exact) mass is 165 g/mol. The first kappa shape index (κ1) is 9.47. The van der Waals surface area contributed by atoms with Crippen LogP contribution in [0.3, 0.4) is 0 Å². The Morgan fingerprint density at radius 1 is 1.44 bits per heavy atom. The minimum atomic E-state index is 0. The molecule has 1 fully saturated rings. The van der Waals surface area contributed by atoms with Crippen molar-refractivity contribution in [3.63, 3.8) is 0 Å². The van der Waals surface area contributed by atoms with E-state index in [1.807, 2.05) is 0 Å². The minimum Gasteiger partial charge on any atom is -0.342 e. The summed E-state index contributed by atoms with van der Waals surface area (Å²) in [5, 5.41) is 0. The maximum Gasteiger partial charge on any atom is 0.0921 e. The molecular formula is C6H16ClNSi. The average Bonchev–Trinajstić information content (AvgIpc) is 1.65. The molecule has 0 aromatic heterocycles. The summed E-state index contributed by atoms with van der Waals surface area (Å²) in [5.41, 5.74) is 0.678. The van der Waals surface area contributed by atoms with Crippen molar-refractivity contribution in [3.05, 3.63) is 0 Å². The van der Waals surface area contributed by atoms with Crippen molar-refractivity contribution in [2.75, 3.05) is 6.54 Å². The normalized spacial score (nSPS) is 27.3. The fourth-order valence-electron chi connectivity index (χ4n) is 1.10. The summed E-state index contributed by atoms with van der Waals surface area (Å²) in [4.78, 5) is 3.48. The van der Waals surface area contributed by atoms with Gasteiger partial charge in [0.15, 0.2) is 0 Å². The first-order valence-electron chi connectivity index (χ1n) is 3.41. The summed E-state index contributed by atoms with van der Waals surface area (Å²) < 4.78 is 0. The molecule has 0 aromatic carbocycles. The molecule has 0 bridgehead atoms. The van der Waals surface area contributed by atoms with Gasteiger partial charge in [0, 0.05) is 0 Å². The zero-order chi connectivity index (χ0) is 6.04. The Morgan fingerprint density at radius 3 is 2.33 bits per heavy atom. The molecule has 1 heterocycles. The Bertz CT molecular complexity index is 77.1. The Morgan fingerprint density at radius 2 is 2.11 bits per heavy atom. The Kier molecular flexibility index (Phi) is 3.78. The molecule has 0 spiro atoms. The molecule has 56 valence electrons. The fraction of sp³-hybridized carbons (Fsp3) is 1.00. The van der Waals surface area contributed by atoms with Gasteiger partial charge < -0.3 is 4.98 Å². The first-order valence-corrected chi connectivity index (χ1v) is 5.12. The van der Waals surface area contributed by atoms with E-state index < -0.39 is 0 Å². The lowest BCUT2D eigenvalue weighted by molar-refractivity contribution is 0.360. The van der Waals surface area contributed by atoms with Crippen molar-refractivity contribution in [1.29, 1.82) is 0 Å². The highest BCUT2D eigenvalue weighted by Gasteiger charge is 2.19. The number of hydrogen-bond acceptors (Lipinski definition) is 1. The second kappa shape index (κ2) is 3.59. The standard InChI is InChI=1S/C6H15NSi.ClH/c1-6(2)3-4-7-8-5-6;/h7H,3-5,8H2,1-2H3;1H. The van der Waals surface area contributed by atoms with E-state index in [0.717, 1.165) is 0 Å². The van der Waals surface area contributed by atoms with Crippen molar-refractivity contribution < 1.29 is 0 Å². The van der Waals surface area contributed by atoms with Gasteiger partial charge in [-0.15, -0.1) is 12.4 Å². The highest BCUT2D eigenvalue weighted by Crippen LogP contribution is 2.25. The minimum absolute atomic E-state index is 0. The van der Waals surface area contributed by atoms with E-state index in [0.29, 0.717) is 5.41 Å². The van der Waals surface area contributed by atoms with Gasteiger partial charge in [0.05, 0.1) is 9.68 Å². The molecule has 9 heavy (non-hydrogen) atoms. The summed E-state index contributed by atoms with van der Waals surface area (Å²) in [5.74, 6) is 0. The van der Waals surface area contributed by atoms with Gasteiger partial charge in [0.2, 0.25) is 0 Å². The molecule has 3 heteroatoms. The number of rotatable bonds is 0. The predicted molar refractivity (Wildman–Crippen MR) is 47.0 cm³/mol. The third-order valence-electron chi connectivity index (χ3n) is 1.96. The van der Waals surface area contributed by atoms with Crippen molar-refractivity contribution in [1.82, 2.24) is 4.98 Å². The van der Waals surface area contributed by atoms with Crippen LogP contribution in [-0.4, -0.2) is 16.2 Å². The van der Waals surface area contributed by atoms with Crippen LogP contribution in [0.4, 0.5) is 0 Å². The van der Waals surface area contributed by atoms with Gasteiger partial charge in [-0.25, -0.2) is 0 Å². The van der Waals surface area contributed by atoms with E-state index >= 15 is 0 Å². The maximum absolute atomic E-state index is 3.48. The summed E-state index contributed by atoms with van der Waals surface area (Å²) in [6.45, 7) is 6.03. The second-order valence-electron chi connectivity index (χ2n) is 3.41. The van der Waals surface area contributed by atoms with Crippen LogP contribution in [0.5, 0.6) is 0 Å². The third kappa shape index (κ3) is 3.23. The van der Waals surface area contributed by atoms with Crippen molar-refractivity contribution in [2.24, 2.45) is 5.41 Å². The largest absolute Gasteiger partial charge is 0.342 e. The van der Waals surface area contributed by atoms with E-state index in [-0.39, 0.29) is 22.1 Å². The molecule has 0 saturated carbocycles. The van der Waals surface area contributed by atoms with E-state index in [9.17, 15) is 0 Å². The summed E-state index contributed by atoms with van der Waals surface area (Å²) in [6.07, 6.45) is 1.38. The van der Waals surface area contributed by atoms with E-state index in [4.69, 9.17) is 0 Å². The third-order valence-corrected chi connectivity index (χ3v) is 4.27. The Labute approximate surface area is 65.9 Å². The fourth-order valence-corrected chi connectivity index (χ4v) is 2.63. The molecule has 0 unspecified atom stereocenters. The van der Waals surface area contributed by atoms with Crippen molar-refractivity contribution >= 4 is 22.1 Å². The van der Waals surface area contributed by atoms with Crippen molar-refractivity contribution in [3.8, 4) is 0 Å². The smallest absolute Gasteiger partial charge is 0.0921 e. The zero-order valence-electron chi connectivity index (χ0n) is 6.24. The summed E-state index contributed by atoms with van der Waals surface area (Å²) >= 11 is 0. The van der Waals surface area contributed by atoms with Crippen LogP contribution < -0.4 is 4.98 Å². The molecule has 0 atom stereocenters. The van der Waals surface area contributed by atoms with Crippen LogP contribution in [0.2, 0.25) is 6.04 Å². The highest BCUT2D eigenvalue weighted by molar-refractivity contribution is 6.32. The van der Waals surface area contributed by atoms with Crippen LogP contribution >= 0.6 is 12.4 Å². The second-order valence-corrected chi connectivity index (χ2v) is 4.91. The SMILES string of the molecule is CC1(C)CCN[SiH2]C1.Cl. The van der Waals surface area contributed by atoms with Crippen LogP contribution in [0.1, 0.15) is 20.3 Å². The van der Waals surface area contributed by atoms with Crippen LogP contribution in [0.25, 0.3) is 0 Å². The van der Waals surface area contributed by atoms with Gasteiger partial charge in [0.1, 0.15) is 0 Å². The summed E-state index contributed by atoms with van der Waals surface area (Å²) in [6, 6.07) is 1.48. The van der Waals surface area contributed by atoms with Gasteiger partial charge >= 0.3 is 0 Å². The molecule has 1 N–H and O–H groups in total. The molecule has 1 rings (SSSR count). The van der Waals surface area contributed by atoms with Gasteiger partial charge in [-0.2, -0.15) is 0 Å². The van der Waals surface area contributed by atoms with Crippen LogP contribution in [0, 0.1) is 5.41 Å². The Balaban J connectivity index is 0.000000640. The zero-order valence-corrected chi connectivity index (χ0v) is 8.47. The maximum atomic E-state index is 3.48. The highest BCUT2D eigenvalue weighted by atomic mass is 35.5. The van der Waals surface area contributed by atoms with E-state index in [1.54, 1.807) is 0 Å². The number of nitrogens with one attached hydrogen (secondary N) is 1. The topological polar surface area (TPSA) is 12.0 Å². The first-order chi connectivity index (χ1) is 3.71. The van der Waals surface area contributed by atoms with E-state index in [2.05, 4.69) is 18.8 Å². The van der Waals surface area contributed by atoms with Crippen molar-refractivity contribution in [2.45, 2.75) is 26.3 Å². The predicted octanol–water partition coefficient (Wildman–Crippen LogP) is 0.930. The Hall–Kier alpha value is 0.467. The van der Waals surface area contributed by atoms with Gasteiger partial charge in [-0.05, 0) is 24.4 Å². The molecule has 1 saturated heterocycles. The average molecular weight is 166 g/mol. The number of halogens is 1. The molecule has 0 amide bonds. The molecule has 1 aliphatic rings. The number of hydrogen-bond donors (Lipinski definition) is 1. The lowest BCUT2D eigenvalue weighted by atomic mass is 9.92. The van der Waals surface area contributed by atoms with Crippen LogP contribution in [-0.2, 0) is 0 Å². The van der Waals surface area contributed by atoms with Crippen LogP contribution in [0.15, 0.2) is 0 Å². The molecule has 0 aliphatic carbocycles. The molecule has 1 nitrogen and oxygen atoms in total. The van der Waals surface area contributed by atoms with E-state index in [1.165, 1.54) is 19.0 Å². The molecule has 1 aliphatic heterocycles. The quantitative estimate of drug-likeness (QED) is 0.527. The molecule has 0 radical (unpaired) electrons. The lowest BCUT2D eigenvalue weighted by Gasteiger charge is -2.29. The van der Waals surface area contributed by atoms with Gasteiger partial charge in [0.25, 0.3) is 0 Å². The molecular weight excluding hydrogens is 150 g/mol. The van der Waals surface area contributed by atoms with Gasteiger partial charge in [-0.3, -0.25) is 0 Å². The summed E-state index contributed by atoms with van der Waals surface area (Å²) in [7, 11) is 0.154. The lowest BCUT2D eigenvalue weighted by Crippen LogP contribution is -2.34. The molecule has 0 aromatic rings. The van der Waals surface area contributed by atoms with Gasteiger partial charge in [-0.1, -0.05) is 13.8 Å².